The molecule has 0 heterocycles. The average Bonchev–Trinajstić information content (AvgIpc) is 2.30. The molecule has 2 fully saturated rings. The molecular formula is C12H19NO4. The Morgan fingerprint density at radius 3 is 2.94 bits per heavy atom. The Balaban J connectivity index is 2.22. The number of carbonyl (C=O) groups excluding carboxylic acids is 1. The van der Waals surface area contributed by atoms with Gasteiger partial charge in [-0.1, -0.05) is 6.42 Å². The summed E-state index contributed by atoms with van der Waals surface area (Å²) >= 11 is 0. The van der Waals surface area contributed by atoms with E-state index in [9.17, 15) is 14.9 Å². The van der Waals surface area contributed by atoms with Gasteiger partial charge in [0.15, 0.2) is 5.78 Å². The standard InChI is InChI=1S/C12H19NO4/c1-2-17-11-8-12(13(15)16)6-4-3-5-9(12)7-10(11)14/h9,11H,2-8H2,1H3/t9-,11-,12-/m0/s1. The van der Waals surface area contributed by atoms with E-state index in [0.717, 1.165) is 19.3 Å². The molecule has 0 bridgehead atoms. The first-order valence-corrected chi connectivity index (χ1v) is 6.39. The molecule has 0 radical (unpaired) electrons. The van der Waals surface area contributed by atoms with E-state index in [1.54, 1.807) is 0 Å². The molecule has 2 aliphatic carbocycles. The summed E-state index contributed by atoms with van der Waals surface area (Å²) in [6.07, 6.45) is 3.35. The van der Waals surface area contributed by atoms with Gasteiger partial charge in [-0.2, -0.15) is 0 Å². The lowest BCUT2D eigenvalue weighted by atomic mass is 9.64. The van der Waals surface area contributed by atoms with E-state index < -0.39 is 11.6 Å². The second kappa shape index (κ2) is 4.72. The second-order valence-electron chi connectivity index (χ2n) is 5.12. The van der Waals surface area contributed by atoms with Crippen molar-refractivity contribution in [1.29, 1.82) is 0 Å². The largest absolute Gasteiger partial charge is 0.370 e. The lowest BCUT2D eigenvalue weighted by molar-refractivity contribution is -0.589. The van der Waals surface area contributed by atoms with E-state index in [1.807, 2.05) is 6.92 Å². The maximum absolute atomic E-state index is 11.9. The van der Waals surface area contributed by atoms with Crippen molar-refractivity contribution in [2.75, 3.05) is 6.61 Å². The number of carbonyl (C=O) groups is 1. The Morgan fingerprint density at radius 1 is 1.53 bits per heavy atom. The lowest BCUT2D eigenvalue weighted by Crippen LogP contribution is -2.56. The van der Waals surface area contributed by atoms with Gasteiger partial charge < -0.3 is 4.74 Å². The summed E-state index contributed by atoms with van der Waals surface area (Å²) in [5.41, 5.74) is -0.897. The third-order valence-electron chi connectivity index (χ3n) is 4.25. The van der Waals surface area contributed by atoms with Crippen molar-refractivity contribution < 1.29 is 14.5 Å². The summed E-state index contributed by atoms with van der Waals surface area (Å²) in [7, 11) is 0. The van der Waals surface area contributed by atoms with Gasteiger partial charge in [0.2, 0.25) is 5.54 Å². The molecule has 0 spiro atoms. The van der Waals surface area contributed by atoms with Crippen LogP contribution >= 0.6 is 0 Å². The molecule has 0 aliphatic heterocycles. The van der Waals surface area contributed by atoms with Crippen molar-refractivity contribution >= 4 is 5.78 Å². The number of ketones is 1. The van der Waals surface area contributed by atoms with E-state index in [1.165, 1.54) is 0 Å². The highest BCUT2D eigenvalue weighted by atomic mass is 16.6. The molecule has 0 aromatic carbocycles. The summed E-state index contributed by atoms with van der Waals surface area (Å²) in [5, 5.41) is 11.4. The highest BCUT2D eigenvalue weighted by molar-refractivity contribution is 5.84. The molecule has 0 amide bonds. The van der Waals surface area contributed by atoms with Crippen LogP contribution in [0.3, 0.4) is 0 Å². The summed E-state index contributed by atoms with van der Waals surface area (Å²) in [4.78, 5) is 23.1. The van der Waals surface area contributed by atoms with Crippen molar-refractivity contribution in [3.8, 4) is 0 Å². The van der Waals surface area contributed by atoms with Crippen molar-refractivity contribution in [1.82, 2.24) is 0 Å². The quantitative estimate of drug-likeness (QED) is 0.559. The lowest BCUT2D eigenvalue weighted by Gasteiger charge is -2.42. The number of Topliss-reactive ketones (excluding diaryl/α,β-unsaturated/α-hetero) is 1. The van der Waals surface area contributed by atoms with E-state index in [2.05, 4.69) is 0 Å². The Morgan fingerprint density at radius 2 is 2.29 bits per heavy atom. The monoisotopic (exact) mass is 241 g/mol. The predicted molar refractivity (Wildman–Crippen MR) is 61.3 cm³/mol. The number of fused-ring (bicyclic) bond motifs is 1. The first kappa shape index (κ1) is 12.5. The van der Waals surface area contributed by atoms with Crippen molar-refractivity contribution in [2.45, 2.75) is 57.1 Å². The van der Waals surface area contributed by atoms with Crippen LogP contribution in [0.2, 0.25) is 0 Å². The van der Waals surface area contributed by atoms with Gasteiger partial charge in [-0.25, -0.2) is 0 Å². The van der Waals surface area contributed by atoms with Crippen LogP contribution in [0, 0.1) is 16.0 Å². The molecule has 5 heteroatoms. The summed E-state index contributed by atoms with van der Waals surface area (Å²) in [6, 6.07) is 0. The van der Waals surface area contributed by atoms with Crippen LogP contribution in [0.4, 0.5) is 0 Å². The molecule has 0 N–H and O–H groups in total. The molecular weight excluding hydrogens is 222 g/mol. The molecule has 0 aromatic heterocycles. The minimum Gasteiger partial charge on any atom is -0.370 e. The van der Waals surface area contributed by atoms with Gasteiger partial charge >= 0.3 is 0 Å². The summed E-state index contributed by atoms with van der Waals surface area (Å²) in [6.45, 7) is 2.26. The molecule has 2 rings (SSSR count). The molecule has 2 aliphatic rings. The topological polar surface area (TPSA) is 69.4 Å². The minimum atomic E-state index is -0.897. The molecule has 0 aromatic rings. The number of nitro groups is 1. The number of hydrogen-bond donors (Lipinski definition) is 0. The maximum Gasteiger partial charge on any atom is 0.228 e. The van der Waals surface area contributed by atoms with Crippen LogP contribution in [0.15, 0.2) is 0 Å². The Kier molecular flexibility index (Phi) is 3.47. The number of nitrogens with zero attached hydrogens (tertiary/aromatic N) is 1. The molecule has 3 atom stereocenters. The fourth-order valence-electron chi connectivity index (χ4n) is 3.33. The van der Waals surface area contributed by atoms with Gasteiger partial charge in [-0.3, -0.25) is 14.9 Å². The van der Waals surface area contributed by atoms with Crippen LogP contribution in [0.25, 0.3) is 0 Å². The zero-order chi connectivity index (χ0) is 12.5. The average molecular weight is 241 g/mol. The summed E-state index contributed by atoms with van der Waals surface area (Å²) in [5.74, 6) is -0.0216. The fraction of sp³-hybridized carbons (Fsp3) is 0.917. The second-order valence-corrected chi connectivity index (χ2v) is 5.12. The van der Waals surface area contributed by atoms with Crippen molar-refractivity contribution in [3.63, 3.8) is 0 Å². The van der Waals surface area contributed by atoms with Crippen LogP contribution in [0.1, 0.15) is 45.4 Å². The van der Waals surface area contributed by atoms with Gasteiger partial charge in [0.05, 0.1) is 6.42 Å². The van der Waals surface area contributed by atoms with Gasteiger partial charge in [0, 0.05) is 30.3 Å². The number of rotatable bonds is 3. The Labute approximate surface area is 101 Å². The van der Waals surface area contributed by atoms with E-state index in [0.29, 0.717) is 19.4 Å². The number of hydrogen-bond acceptors (Lipinski definition) is 4. The van der Waals surface area contributed by atoms with Gasteiger partial charge in [0.25, 0.3) is 0 Å². The zero-order valence-corrected chi connectivity index (χ0v) is 10.2. The normalized spacial score (nSPS) is 37.6. The minimum absolute atomic E-state index is 0.0521. The van der Waals surface area contributed by atoms with E-state index in [-0.39, 0.29) is 23.0 Å². The van der Waals surface area contributed by atoms with Crippen molar-refractivity contribution in [3.05, 3.63) is 10.1 Å². The smallest absolute Gasteiger partial charge is 0.228 e. The molecule has 0 unspecified atom stereocenters. The van der Waals surface area contributed by atoms with Crippen LogP contribution < -0.4 is 0 Å². The first-order valence-electron chi connectivity index (χ1n) is 6.39. The van der Waals surface area contributed by atoms with Crippen LogP contribution in [-0.4, -0.2) is 29.0 Å². The van der Waals surface area contributed by atoms with Crippen molar-refractivity contribution in [2.24, 2.45) is 5.92 Å². The zero-order valence-electron chi connectivity index (χ0n) is 10.2. The Hall–Kier alpha value is -0.970. The molecule has 96 valence electrons. The predicted octanol–water partition coefficient (Wildman–Crippen LogP) is 1.96. The Bertz CT molecular complexity index is 330. The van der Waals surface area contributed by atoms with Gasteiger partial charge in [-0.15, -0.1) is 0 Å². The fourth-order valence-corrected chi connectivity index (χ4v) is 3.33. The van der Waals surface area contributed by atoms with Crippen LogP contribution in [-0.2, 0) is 9.53 Å². The van der Waals surface area contributed by atoms with E-state index in [4.69, 9.17) is 4.74 Å². The third kappa shape index (κ3) is 2.08. The maximum atomic E-state index is 11.9. The summed E-state index contributed by atoms with van der Waals surface area (Å²) < 4.78 is 5.37. The first-order chi connectivity index (χ1) is 8.10. The SMILES string of the molecule is CCO[C@H]1C[C@@]2([N+](=O)[O-])CCCC[C@H]2CC1=O. The van der Waals surface area contributed by atoms with E-state index >= 15 is 0 Å². The number of ether oxygens (including phenoxy) is 1. The molecule has 5 nitrogen and oxygen atoms in total. The highest BCUT2D eigenvalue weighted by Crippen LogP contribution is 2.45. The highest BCUT2D eigenvalue weighted by Gasteiger charge is 2.57. The third-order valence-corrected chi connectivity index (χ3v) is 4.25. The van der Waals surface area contributed by atoms with Crippen LogP contribution in [0.5, 0.6) is 0 Å². The molecule has 17 heavy (non-hydrogen) atoms. The molecule has 0 saturated heterocycles. The van der Waals surface area contributed by atoms with Gasteiger partial charge in [0.1, 0.15) is 6.10 Å². The molecule has 2 saturated carbocycles. The van der Waals surface area contributed by atoms with Gasteiger partial charge in [-0.05, 0) is 19.8 Å².